The van der Waals surface area contributed by atoms with Gasteiger partial charge >= 0.3 is 30.2 Å². The standard InChI is InChI=1S/C29H25ClF2N2O11/c1-13(35)40-23-24(41-14(2)36)26(28(38)39-4)43-27(25(23)42-15(3)37)34(17-9-10-19-20(12-17)45-29(31,32)44-19)21-11-8-16-6-5-7-18(30)22(16)33-21/h5-12,23-27H,1-4H3/t23-,24-,25+,26-,27+/m0/s1. The Morgan fingerprint density at radius 2 is 1.51 bits per heavy atom. The number of carbonyl (C=O) groups excluding carboxylic acids is 4. The quantitative estimate of drug-likeness (QED) is 0.268. The van der Waals surface area contributed by atoms with Gasteiger partial charge < -0.3 is 33.2 Å². The first kappa shape index (κ1) is 31.7. The van der Waals surface area contributed by atoms with E-state index < -0.39 is 60.8 Å². The highest BCUT2D eigenvalue weighted by Gasteiger charge is 2.57. The number of hydrogen-bond acceptors (Lipinski definition) is 13. The van der Waals surface area contributed by atoms with E-state index in [2.05, 4.69) is 14.5 Å². The maximum absolute atomic E-state index is 14.0. The summed E-state index contributed by atoms with van der Waals surface area (Å²) in [5, 5.41) is 0.902. The third-order valence-corrected chi connectivity index (χ3v) is 6.98. The number of ether oxygens (including phenoxy) is 7. The number of alkyl halides is 2. The number of hydrogen-bond donors (Lipinski definition) is 0. The Kier molecular flexibility index (Phi) is 8.67. The van der Waals surface area contributed by atoms with Crippen LogP contribution in [0.25, 0.3) is 10.9 Å². The second-order valence-electron chi connectivity index (χ2n) is 9.84. The molecule has 0 bridgehead atoms. The Morgan fingerprint density at radius 3 is 2.18 bits per heavy atom. The van der Waals surface area contributed by atoms with Crippen LogP contribution in [-0.4, -0.2) is 72.9 Å². The van der Waals surface area contributed by atoms with Crippen LogP contribution in [0, 0.1) is 0 Å². The number of fused-ring (bicyclic) bond motifs is 2. The number of carbonyl (C=O) groups is 4. The molecule has 45 heavy (non-hydrogen) atoms. The van der Waals surface area contributed by atoms with Gasteiger partial charge in [0, 0.05) is 37.9 Å². The van der Waals surface area contributed by atoms with Crippen LogP contribution in [-0.2, 0) is 42.9 Å². The molecule has 1 aromatic heterocycles. The minimum absolute atomic E-state index is 0.0551. The van der Waals surface area contributed by atoms with Gasteiger partial charge in [-0.05, 0) is 30.3 Å². The summed E-state index contributed by atoms with van der Waals surface area (Å²) in [5.74, 6) is -4.26. The van der Waals surface area contributed by atoms with Crippen LogP contribution in [0.15, 0.2) is 48.5 Å². The minimum atomic E-state index is -3.95. The summed E-state index contributed by atoms with van der Waals surface area (Å²) in [6.07, 6.45) is -12.2. The molecule has 0 radical (unpaired) electrons. The van der Waals surface area contributed by atoms with Crippen molar-refractivity contribution < 1.29 is 61.1 Å². The molecule has 238 valence electrons. The molecule has 2 aliphatic heterocycles. The number of anilines is 2. The molecule has 5 rings (SSSR count). The first-order chi connectivity index (χ1) is 21.3. The molecular weight excluding hydrogens is 626 g/mol. The highest BCUT2D eigenvalue weighted by Crippen LogP contribution is 2.45. The van der Waals surface area contributed by atoms with Gasteiger partial charge in [0.05, 0.1) is 17.6 Å². The van der Waals surface area contributed by atoms with Crippen LogP contribution in [0.2, 0.25) is 5.02 Å². The van der Waals surface area contributed by atoms with Gasteiger partial charge in [0.2, 0.25) is 0 Å². The normalized spacial score (nSPS) is 23.1. The maximum Gasteiger partial charge on any atom is 0.586 e. The molecule has 0 aliphatic carbocycles. The summed E-state index contributed by atoms with van der Waals surface area (Å²) in [6, 6.07) is 12.0. The summed E-state index contributed by atoms with van der Waals surface area (Å²) in [7, 11) is 1.05. The Morgan fingerprint density at radius 1 is 0.867 bits per heavy atom. The fraction of sp³-hybridized carbons (Fsp3) is 0.345. The number of methoxy groups -OCH3 is 1. The molecule has 0 saturated carbocycles. The van der Waals surface area contributed by atoms with E-state index >= 15 is 0 Å². The molecule has 13 nitrogen and oxygen atoms in total. The van der Waals surface area contributed by atoms with E-state index in [4.69, 9.17) is 35.3 Å². The average Bonchev–Trinajstić information content (AvgIpc) is 3.28. The fourth-order valence-electron chi connectivity index (χ4n) is 5.04. The average molecular weight is 651 g/mol. The Hall–Kier alpha value is -4.76. The Bertz CT molecular complexity index is 1670. The highest BCUT2D eigenvalue weighted by molar-refractivity contribution is 6.35. The molecule has 2 aliphatic rings. The predicted molar refractivity (Wildman–Crippen MR) is 149 cm³/mol. The number of aromatic nitrogens is 1. The van der Waals surface area contributed by atoms with Crippen molar-refractivity contribution >= 4 is 57.9 Å². The number of halogens is 3. The number of benzene rings is 2. The molecule has 0 N–H and O–H groups in total. The smallest absolute Gasteiger partial charge is 0.467 e. The monoisotopic (exact) mass is 650 g/mol. The Balaban J connectivity index is 1.74. The van der Waals surface area contributed by atoms with Crippen molar-refractivity contribution in [2.75, 3.05) is 12.0 Å². The predicted octanol–water partition coefficient (Wildman–Crippen LogP) is 4.04. The second kappa shape index (κ2) is 12.3. The fourth-order valence-corrected chi connectivity index (χ4v) is 5.26. The molecule has 16 heteroatoms. The number of pyridine rings is 1. The van der Waals surface area contributed by atoms with Crippen molar-refractivity contribution in [3.63, 3.8) is 0 Å². The number of nitrogens with zero attached hydrogens (tertiary/aromatic N) is 2. The minimum Gasteiger partial charge on any atom is -0.467 e. The van der Waals surface area contributed by atoms with Gasteiger partial charge in [-0.25, -0.2) is 9.78 Å². The van der Waals surface area contributed by atoms with Crippen LogP contribution in [0.5, 0.6) is 11.5 Å². The molecule has 2 aromatic carbocycles. The van der Waals surface area contributed by atoms with Gasteiger partial charge in [-0.1, -0.05) is 23.7 Å². The van der Waals surface area contributed by atoms with Gasteiger partial charge in [0.25, 0.3) is 0 Å². The topological polar surface area (TPSA) is 149 Å². The number of para-hydroxylation sites is 1. The summed E-state index contributed by atoms with van der Waals surface area (Å²) in [5.41, 5.74) is 0.389. The highest BCUT2D eigenvalue weighted by atomic mass is 35.5. The lowest BCUT2D eigenvalue weighted by Gasteiger charge is -2.47. The van der Waals surface area contributed by atoms with Crippen LogP contribution < -0.4 is 14.4 Å². The van der Waals surface area contributed by atoms with Crippen LogP contribution in [0.4, 0.5) is 20.3 Å². The number of rotatable bonds is 7. The summed E-state index contributed by atoms with van der Waals surface area (Å²) >= 11 is 6.43. The molecule has 3 heterocycles. The molecule has 0 spiro atoms. The molecule has 3 aromatic rings. The Labute approximate surface area is 258 Å². The molecule has 1 saturated heterocycles. The molecule has 5 atom stereocenters. The van der Waals surface area contributed by atoms with Gasteiger partial charge in [-0.3, -0.25) is 19.3 Å². The van der Waals surface area contributed by atoms with E-state index in [9.17, 15) is 28.0 Å². The lowest BCUT2D eigenvalue weighted by molar-refractivity contribution is -0.286. The first-order valence-corrected chi connectivity index (χ1v) is 13.6. The van der Waals surface area contributed by atoms with Crippen molar-refractivity contribution in [3.8, 4) is 11.5 Å². The molecule has 1 fully saturated rings. The lowest BCUT2D eigenvalue weighted by Crippen LogP contribution is -2.66. The second-order valence-corrected chi connectivity index (χ2v) is 10.2. The number of esters is 4. The van der Waals surface area contributed by atoms with Crippen molar-refractivity contribution in [1.29, 1.82) is 0 Å². The zero-order valence-electron chi connectivity index (χ0n) is 24.0. The van der Waals surface area contributed by atoms with E-state index in [1.165, 1.54) is 29.2 Å². The van der Waals surface area contributed by atoms with Gasteiger partial charge in [0.15, 0.2) is 42.1 Å². The maximum atomic E-state index is 14.0. The van der Waals surface area contributed by atoms with Crippen LogP contribution in [0.3, 0.4) is 0 Å². The van der Waals surface area contributed by atoms with Crippen LogP contribution >= 0.6 is 11.6 Å². The summed E-state index contributed by atoms with van der Waals surface area (Å²) in [6.45, 7) is 3.16. The van der Waals surface area contributed by atoms with Gasteiger partial charge in [-0.15, -0.1) is 8.78 Å². The van der Waals surface area contributed by atoms with E-state index in [-0.39, 0.29) is 28.0 Å². The van der Waals surface area contributed by atoms with E-state index in [0.717, 1.165) is 27.9 Å². The summed E-state index contributed by atoms with van der Waals surface area (Å²) in [4.78, 5) is 55.8. The van der Waals surface area contributed by atoms with E-state index in [0.29, 0.717) is 10.9 Å². The van der Waals surface area contributed by atoms with E-state index in [1.54, 1.807) is 24.3 Å². The van der Waals surface area contributed by atoms with Crippen LogP contribution in [0.1, 0.15) is 20.8 Å². The van der Waals surface area contributed by atoms with Gasteiger partial charge in [0.1, 0.15) is 5.82 Å². The first-order valence-electron chi connectivity index (χ1n) is 13.3. The molecule has 0 unspecified atom stereocenters. The van der Waals surface area contributed by atoms with Gasteiger partial charge in [-0.2, -0.15) is 0 Å². The van der Waals surface area contributed by atoms with E-state index in [1.807, 2.05) is 0 Å². The largest absolute Gasteiger partial charge is 0.586 e. The zero-order valence-corrected chi connectivity index (χ0v) is 24.8. The third-order valence-electron chi connectivity index (χ3n) is 6.67. The SMILES string of the molecule is COC(=O)[C@H]1O[C@@H](N(c2ccc3c(c2)OC(F)(F)O3)c2ccc3cccc(Cl)c3n2)[C@H](OC(C)=O)[C@@H](OC(C)=O)[C@@H]1OC(C)=O. The van der Waals surface area contributed by atoms with Crippen molar-refractivity contribution in [2.45, 2.75) is 57.7 Å². The van der Waals surface area contributed by atoms with Crippen molar-refractivity contribution in [2.24, 2.45) is 0 Å². The third kappa shape index (κ3) is 6.54. The van der Waals surface area contributed by atoms with Crippen molar-refractivity contribution in [1.82, 2.24) is 4.98 Å². The lowest BCUT2D eigenvalue weighted by atomic mass is 9.95. The summed E-state index contributed by atoms with van der Waals surface area (Å²) < 4.78 is 64.6. The molecular formula is C29H25ClF2N2O11. The van der Waals surface area contributed by atoms with Crippen molar-refractivity contribution in [3.05, 3.63) is 53.6 Å². The molecule has 0 amide bonds. The zero-order chi connectivity index (χ0) is 32.6.